The van der Waals surface area contributed by atoms with Gasteiger partial charge >= 0.3 is 0 Å². The molecule has 1 heterocycles. The molecule has 1 rings (SSSR count). The summed E-state index contributed by atoms with van der Waals surface area (Å²) >= 11 is 0. The first kappa shape index (κ1) is 10.5. The highest BCUT2D eigenvalue weighted by Crippen LogP contribution is 2.08. The van der Waals surface area contributed by atoms with Crippen molar-refractivity contribution in [2.75, 3.05) is 13.1 Å². The van der Waals surface area contributed by atoms with Crippen LogP contribution in [0.15, 0.2) is 0 Å². The van der Waals surface area contributed by atoms with Crippen LogP contribution in [0.4, 0.5) is 0 Å². The van der Waals surface area contributed by atoms with Crippen LogP contribution in [-0.4, -0.2) is 30.8 Å². The number of primary amides is 1. The summed E-state index contributed by atoms with van der Waals surface area (Å²) in [5.41, 5.74) is 4.90. The molecule has 0 bridgehead atoms. The van der Waals surface area contributed by atoms with Gasteiger partial charge in [-0.1, -0.05) is 0 Å². The highest BCUT2D eigenvalue weighted by Gasteiger charge is 2.27. The molecule has 0 aromatic heterocycles. The SMILES string of the molecule is NC(=O)CCNC(=O)C1CNC(=O)C1. The van der Waals surface area contributed by atoms with E-state index in [1.54, 1.807) is 0 Å². The van der Waals surface area contributed by atoms with E-state index in [0.29, 0.717) is 6.54 Å². The van der Waals surface area contributed by atoms with Gasteiger partial charge in [-0.3, -0.25) is 14.4 Å². The normalized spacial score (nSPS) is 20.3. The van der Waals surface area contributed by atoms with E-state index >= 15 is 0 Å². The van der Waals surface area contributed by atoms with Crippen LogP contribution in [0.25, 0.3) is 0 Å². The molecule has 0 spiro atoms. The van der Waals surface area contributed by atoms with Gasteiger partial charge in [-0.2, -0.15) is 0 Å². The molecule has 0 radical (unpaired) electrons. The fourth-order valence-electron chi connectivity index (χ4n) is 1.24. The van der Waals surface area contributed by atoms with Crippen LogP contribution in [-0.2, 0) is 14.4 Å². The zero-order valence-corrected chi connectivity index (χ0v) is 7.71. The Morgan fingerprint density at radius 3 is 2.79 bits per heavy atom. The number of nitrogens with two attached hydrogens (primary N) is 1. The molecule has 0 aliphatic carbocycles. The molecule has 0 saturated carbocycles. The summed E-state index contributed by atoms with van der Waals surface area (Å²) in [4.78, 5) is 32.5. The number of carbonyl (C=O) groups is 3. The van der Waals surface area contributed by atoms with Gasteiger partial charge in [0.1, 0.15) is 0 Å². The van der Waals surface area contributed by atoms with Crippen LogP contribution < -0.4 is 16.4 Å². The second-order valence-corrected chi connectivity index (χ2v) is 3.21. The molecule has 1 saturated heterocycles. The summed E-state index contributed by atoms with van der Waals surface area (Å²) in [6, 6.07) is 0. The molecule has 0 aromatic rings. The second kappa shape index (κ2) is 4.59. The average Bonchev–Trinajstić information content (AvgIpc) is 2.51. The van der Waals surface area contributed by atoms with Crippen molar-refractivity contribution >= 4 is 17.7 Å². The number of rotatable bonds is 4. The van der Waals surface area contributed by atoms with Crippen molar-refractivity contribution in [2.24, 2.45) is 11.7 Å². The van der Waals surface area contributed by atoms with Gasteiger partial charge in [-0.25, -0.2) is 0 Å². The quantitative estimate of drug-likeness (QED) is 0.493. The fraction of sp³-hybridized carbons (Fsp3) is 0.625. The third kappa shape index (κ3) is 3.04. The first-order valence-electron chi connectivity index (χ1n) is 4.42. The molecule has 3 amide bonds. The Kier molecular flexibility index (Phi) is 3.44. The van der Waals surface area contributed by atoms with Crippen molar-refractivity contribution in [1.82, 2.24) is 10.6 Å². The molecule has 6 heteroatoms. The van der Waals surface area contributed by atoms with Crippen LogP contribution in [0.2, 0.25) is 0 Å². The topological polar surface area (TPSA) is 101 Å². The Hall–Kier alpha value is -1.59. The monoisotopic (exact) mass is 199 g/mol. The Balaban J connectivity index is 2.22. The molecule has 0 aromatic carbocycles. The van der Waals surface area contributed by atoms with Gasteiger partial charge in [-0.15, -0.1) is 0 Å². The number of amides is 3. The highest BCUT2D eigenvalue weighted by molar-refractivity contribution is 5.89. The molecule has 1 aliphatic heterocycles. The van der Waals surface area contributed by atoms with Gasteiger partial charge < -0.3 is 16.4 Å². The van der Waals surface area contributed by atoms with Crippen molar-refractivity contribution in [1.29, 1.82) is 0 Å². The minimum Gasteiger partial charge on any atom is -0.370 e. The molecular weight excluding hydrogens is 186 g/mol. The lowest BCUT2D eigenvalue weighted by Crippen LogP contribution is -2.34. The van der Waals surface area contributed by atoms with Gasteiger partial charge in [-0.05, 0) is 0 Å². The van der Waals surface area contributed by atoms with Crippen molar-refractivity contribution in [3.05, 3.63) is 0 Å². The van der Waals surface area contributed by atoms with E-state index in [-0.39, 0.29) is 37.1 Å². The fourth-order valence-corrected chi connectivity index (χ4v) is 1.24. The van der Waals surface area contributed by atoms with E-state index in [1.807, 2.05) is 0 Å². The summed E-state index contributed by atoms with van der Waals surface area (Å²) < 4.78 is 0. The zero-order chi connectivity index (χ0) is 10.6. The molecule has 1 aliphatic rings. The maximum atomic E-state index is 11.3. The molecule has 78 valence electrons. The van der Waals surface area contributed by atoms with Gasteiger partial charge in [0.25, 0.3) is 0 Å². The molecule has 1 unspecified atom stereocenters. The molecular formula is C8H13N3O3. The smallest absolute Gasteiger partial charge is 0.225 e. The van der Waals surface area contributed by atoms with Crippen molar-refractivity contribution in [3.63, 3.8) is 0 Å². The van der Waals surface area contributed by atoms with Crippen molar-refractivity contribution in [2.45, 2.75) is 12.8 Å². The maximum Gasteiger partial charge on any atom is 0.225 e. The molecule has 1 atom stereocenters. The van der Waals surface area contributed by atoms with Crippen LogP contribution in [0.5, 0.6) is 0 Å². The number of nitrogens with one attached hydrogen (secondary N) is 2. The van der Waals surface area contributed by atoms with E-state index in [1.165, 1.54) is 0 Å². The Morgan fingerprint density at radius 2 is 2.29 bits per heavy atom. The predicted molar refractivity (Wildman–Crippen MR) is 47.9 cm³/mol. The van der Waals surface area contributed by atoms with Gasteiger partial charge in [0.2, 0.25) is 17.7 Å². The molecule has 14 heavy (non-hydrogen) atoms. The number of hydrogen-bond acceptors (Lipinski definition) is 3. The Morgan fingerprint density at radius 1 is 1.57 bits per heavy atom. The number of carbonyl (C=O) groups excluding carboxylic acids is 3. The van der Waals surface area contributed by atoms with Crippen molar-refractivity contribution in [3.8, 4) is 0 Å². The first-order chi connectivity index (χ1) is 6.59. The summed E-state index contributed by atoms with van der Waals surface area (Å²) in [5, 5.41) is 5.10. The lowest BCUT2D eigenvalue weighted by molar-refractivity contribution is -0.126. The van der Waals surface area contributed by atoms with E-state index in [4.69, 9.17) is 5.73 Å². The van der Waals surface area contributed by atoms with E-state index in [2.05, 4.69) is 10.6 Å². The van der Waals surface area contributed by atoms with E-state index < -0.39 is 5.91 Å². The lowest BCUT2D eigenvalue weighted by atomic mass is 10.1. The molecule has 1 fully saturated rings. The minimum atomic E-state index is -0.453. The third-order valence-electron chi connectivity index (χ3n) is 2.02. The van der Waals surface area contributed by atoms with Gasteiger partial charge in [0.15, 0.2) is 0 Å². The first-order valence-corrected chi connectivity index (χ1v) is 4.42. The highest BCUT2D eigenvalue weighted by atomic mass is 16.2. The minimum absolute atomic E-state index is 0.111. The lowest BCUT2D eigenvalue weighted by Gasteiger charge is -2.07. The van der Waals surface area contributed by atoms with Crippen LogP contribution in [0.1, 0.15) is 12.8 Å². The summed E-state index contributed by atoms with van der Waals surface area (Å²) in [6.45, 7) is 0.611. The predicted octanol–water partition coefficient (Wildman–Crippen LogP) is -1.89. The standard InChI is InChI=1S/C8H13N3O3/c9-6(12)1-2-10-8(14)5-3-7(13)11-4-5/h5H,1-4H2,(H2,9,12)(H,10,14)(H,11,13). The maximum absolute atomic E-state index is 11.3. The Bertz CT molecular complexity index is 265. The molecule has 4 N–H and O–H groups in total. The average molecular weight is 199 g/mol. The second-order valence-electron chi connectivity index (χ2n) is 3.21. The largest absolute Gasteiger partial charge is 0.370 e. The zero-order valence-electron chi connectivity index (χ0n) is 7.71. The summed E-state index contributed by atoms with van der Waals surface area (Å²) in [5.74, 6) is -1.08. The number of hydrogen-bond donors (Lipinski definition) is 3. The van der Waals surface area contributed by atoms with Crippen LogP contribution >= 0.6 is 0 Å². The van der Waals surface area contributed by atoms with Crippen molar-refractivity contribution < 1.29 is 14.4 Å². The van der Waals surface area contributed by atoms with Gasteiger partial charge in [0.05, 0.1) is 5.92 Å². The molecule has 6 nitrogen and oxygen atoms in total. The van der Waals surface area contributed by atoms with Crippen LogP contribution in [0, 0.1) is 5.92 Å². The Labute approximate surface area is 81.2 Å². The van der Waals surface area contributed by atoms with E-state index in [9.17, 15) is 14.4 Å². The van der Waals surface area contributed by atoms with Gasteiger partial charge in [0, 0.05) is 25.9 Å². The van der Waals surface area contributed by atoms with Crippen LogP contribution in [0.3, 0.4) is 0 Å². The summed E-state index contributed by atoms with van der Waals surface area (Å²) in [6.07, 6.45) is 0.349. The summed E-state index contributed by atoms with van der Waals surface area (Å²) in [7, 11) is 0. The van der Waals surface area contributed by atoms with E-state index in [0.717, 1.165) is 0 Å². The third-order valence-corrected chi connectivity index (χ3v) is 2.02.